The molecule has 0 atom stereocenters. The lowest BCUT2D eigenvalue weighted by Gasteiger charge is -2.27. The second-order valence-electron chi connectivity index (χ2n) is 9.98. The Morgan fingerprint density at radius 1 is 0.822 bits per heavy atom. The van der Waals surface area contributed by atoms with Crippen molar-refractivity contribution in [3.8, 4) is 17.2 Å². The molecule has 0 aliphatic carbocycles. The van der Waals surface area contributed by atoms with E-state index >= 15 is 0 Å². The lowest BCUT2D eigenvalue weighted by atomic mass is 10.1. The van der Waals surface area contributed by atoms with Crippen LogP contribution in [0.5, 0.6) is 17.2 Å². The number of amides is 4. The van der Waals surface area contributed by atoms with Crippen molar-refractivity contribution in [1.82, 2.24) is 5.32 Å². The van der Waals surface area contributed by atoms with E-state index in [0.717, 1.165) is 16.0 Å². The first-order valence-corrected chi connectivity index (χ1v) is 15.8. The average molecular weight is 755 g/mol. The van der Waals surface area contributed by atoms with Gasteiger partial charge in [-0.1, -0.05) is 54.1 Å². The summed E-state index contributed by atoms with van der Waals surface area (Å²) in [5, 5.41) is 2.59. The maximum Gasteiger partial charge on any atom is 0.335 e. The summed E-state index contributed by atoms with van der Waals surface area (Å²) in [6, 6.07) is 23.0. The number of nitrogens with one attached hydrogen (secondary N) is 1. The standard InChI is InChI=1S/C34H27Br2ClN2O6/c1-3-43-30-16-22(10-12-29(30)44-18-21-7-5-4-6-8-21)19-45-31-26(35)14-23(15-27(31)36)13-25-32(40)38-34(42)39(33(25)41)28-17-24(37)11-9-20(28)2/h4-17H,3,18-19H2,1-2H3,(H,38,40,42)/b25-13+. The van der Waals surface area contributed by atoms with Crippen molar-refractivity contribution < 1.29 is 28.6 Å². The summed E-state index contributed by atoms with van der Waals surface area (Å²) < 4.78 is 19.1. The smallest absolute Gasteiger partial charge is 0.335 e. The Balaban J connectivity index is 1.33. The normalized spacial score (nSPS) is 14.0. The molecule has 4 aromatic rings. The fourth-order valence-corrected chi connectivity index (χ4v) is 6.20. The first-order chi connectivity index (χ1) is 21.6. The largest absolute Gasteiger partial charge is 0.490 e. The van der Waals surface area contributed by atoms with E-state index in [2.05, 4.69) is 37.2 Å². The minimum absolute atomic E-state index is 0.209. The number of nitrogens with zero attached hydrogens (tertiary/aromatic N) is 1. The monoisotopic (exact) mass is 752 g/mol. The molecule has 1 fully saturated rings. The van der Waals surface area contributed by atoms with Gasteiger partial charge in [0.15, 0.2) is 11.5 Å². The molecular weight excluding hydrogens is 728 g/mol. The summed E-state index contributed by atoms with van der Waals surface area (Å²) in [5.41, 5.74) is 3.16. The van der Waals surface area contributed by atoms with Gasteiger partial charge in [0.2, 0.25) is 0 Å². The number of ether oxygens (including phenoxy) is 3. The number of imide groups is 2. The minimum Gasteiger partial charge on any atom is -0.490 e. The van der Waals surface area contributed by atoms with Gasteiger partial charge in [-0.2, -0.15) is 0 Å². The van der Waals surface area contributed by atoms with Gasteiger partial charge < -0.3 is 14.2 Å². The Bertz CT molecular complexity index is 1790. The Kier molecular flexibility index (Phi) is 10.3. The summed E-state index contributed by atoms with van der Waals surface area (Å²) in [4.78, 5) is 39.7. The van der Waals surface area contributed by atoms with Crippen LogP contribution in [0.1, 0.15) is 29.2 Å². The van der Waals surface area contributed by atoms with Crippen molar-refractivity contribution >= 4 is 73.1 Å². The lowest BCUT2D eigenvalue weighted by Crippen LogP contribution is -2.54. The molecule has 1 N–H and O–H groups in total. The highest BCUT2D eigenvalue weighted by Gasteiger charge is 2.37. The molecule has 4 aromatic carbocycles. The van der Waals surface area contributed by atoms with Gasteiger partial charge in [-0.3, -0.25) is 14.9 Å². The van der Waals surface area contributed by atoms with Gasteiger partial charge in [0.25, 0.3) is 11.8 Å². The lowest BCUT2D eigenvalue weighted by molar-refractivity contribution is -0.122. The average Bonchev–Trinajstić information content (AvgIpc) is 3.00. The van der Waals surface area contributed by atoms with Crippen molar-refractivity contribution in [2.45, 2.75) is 27.1 Å². The Morgan fingerprint density at radius 3 is 2.24 bits per heavy atom. The third-order valence-corrected chi connectivity index (χ3v) is 8.19. The van der Waals surface area contributed by atoms with Gasteiger partial charge in [0.05, 0.1) is 21.2 Å². The molecule has 230 valence electrons. The van der Waals surface area contributed by atoms with Crippen LogP contribution in [-0.2, 0) is 22.8 Å². The highest BCUT2D eigenvalue weighted by molar-refractivity contribution is 9.11. The number of hydrogen-bond donors (Lipinski definition) is 1. The molecule has 8 nitrogen and oxygen atoms in total. The SMILES string of the molecule is CCOc1cc(COc2c(Br)cc(/C=C3\C(=O)NC(=O)N(c4cc(Cl)ccc4C)C3=O)cc2Br)ccc1OCc1ccccc1. The number of anilines is 1. The van der Waals surface area contributed by atoms with Gasteiger partial charge in [0.1, 0.15) is 24.5 Å². The topological polar surface area (TPSA) is 94.2 Å². The maximum absolute atomic E-state index is 13.4. The van der Waals surface area contributed by atoms with Crippen LogP contribution in [0, 0.1) is 6.92 Å². The molecule has 0 radical (unpaired) electrons. The molecule has 11 heteroatoms. The van der Waals surface area contributed by atoms with Crippen LogP contribution in [0.3, 0.4) is 0 Å². The highest BCUT2D eigenvalue weighted by atomic mass is 79.9. The van der Waals surface area contributed by atoms with Gasteiger partial charge in [0, 0.05) is 5.02 Å². The summed E-state index contributed by atoms with van der Waals surface area (Å²) in [5.74, 6) is 0.213. The van der Waals surface area contributed by atoms with Crippen molar-refractivity contribution in [1.29, 1.82) is 0 Å². The first-order valence-electron chi connectivity index (χ1n) is 13.9. The molecule has 0 aromatic heterocycles. The molecule has 0 saturated carbocycles. The fraction of sp³-hybridized carbons (Fsp3) is 0.147. The second-order valence-corrected chi connectivity index (χ2v) is 12.1. The number of aryl methyl sites for hydroxylation is 1. The third-order valence-electron chi connectivity index (χ3n) is 6.77. The van der Waals surface area contributed by atoms with Crippen molar-refractivity contribution in [2.75, 3.05) is 11.5 Å². The molecule has 1 aliphatic rings. The number of barbiturate groups is 1. The summed E-state index contributed by atoms with van der Waals surface area (Å²) in [6.45, 7) is 4.78. The van der Waals surface area contributed by atoms with Crippen LogP contribution in [-0.4, -0.2) is 24.5 Å². The Morgan fingerprint density at radius 2 is 1.53 bits per heavy atom. The number of rotatable bonds is 10. The number of halogens is 3. The quantitative estimate of drug-likeness (QED) is 0.129. The van der Waals surface area contributed by atoms with E-state index < -0.39 is 17.8 Å². The Labute approximate surface area is 282 Å². The number of hydrogen-bond acceptors (Lipinski definition) is 6. The van der Waals surface area contributed by atoms with Gasteiger partial charge >= 0.3 is 6.03 Å². The molecule has 5 rings (SSSR count). The molecular formula is C34H27Br2ClN2O6. The zero-order chi connectivity index (χ0) is 32.1. The fourth-order valence-electron chi connectivity index (χ4n) is 4.59. The predicted molar refractivity (Wildman–Crippen MR) is 180 cm³/mol. The van der Waals surface area contributed by atoms with E-state index in [-0.39, 0.29) is 17.9 Å². The molecule has 4 amide bonds. The van der Waals surface area contributed by atoms with Crippen molar-refractivity contribution in [3.63, 3.8) is 0 Å². The zero-order valence-electron chi connectivity index (χ0n) is 24.2. The van der Waals surface area contributed by atoms with Crippen molar-refractivity contribution in [3.05, 3.63) is 121 Å². The van der Waals surface area contributed by atoms with Gasteiger partial charge in [-0.25, -0.2) is 9.69 Å². The van der Waals surface area contributed by atoms with E-state index in [9.17, 15) is 14.4 Å². The van der Waals surface area contributed by atoms with Gasteiger partial charge in [-0.05, 0) is 110 Å². The molecule has 1 aliphatic heterocycles. The second kappa shape index (κ2) is 14.3. The van der Waals surface area contributed by atoms with E-state index in [1.165, 1.54) is 12.1 Å². The van der Waals surface area contributed by atoms with Crippen LogP contribution in [0.25, 0.3) is 6.08 Å². The molecule has 1 heterocycles. The van der Waals surface area contributed by atoms with Crippen LogP contribution in [0.2, 0.25) is 5.02 Å². The van der Waals surface area contributed by atoms with E-state index in [1.807, 2.05) is 55.5 Å². The zero-order valence-corrected chi connectivity index (χ0v) is 28.2. The van der Waals surface area contributed by atoms with E-state index in [0.29, 0.717) is 55.6 Å². The molecule has 0 unspecified atom stereocenters. The molecule has 0 bridgehead atoms. The molecule has 0 spiro atoms. The molecule has 1 saturated heterocycles. The number of benzene rings is 4. The number of urea groups is 1. The number of carbonyl (C=O) groups is 3. The first kappa shape index (κ1) is 32.3. The maximum atomic E-state index is 13.4. The summed E-state index contributed by atoms with van der Waals surface area (Å²) in [6.07, 6.45) is 1.42. The van der Waals surface area contributed by atoms with Crippen LogP contribution in [0.15, 0.2) is 93.4 Å². The highest BCUT2D eigenvalue weighted by Crippen LogP contribution is 2.37. The van der Waals surface area contributed by atoms with Crippen LogP contribution >= 0.6 is 43.5 Å². The van der Waals surface area contributed by atoms with E-state index in [4.69, 9.17) is 25.8 Å². The van der Waals surface area contributed by atoms with Gasteiger partial charge in [-0.15, -0.1) is 0 Å². The van der Waals surface area contributed by atoms with Crippen LogP contribution < -0.4 is 24.4 Å². The molecule has 45 heavy (non-hydrogen) atoms. The Hall–Kier alpha value is -4.12. The minimum atomic E-state index is -0.845. The van der Waals surface area contributed by atoms with E-state index in [1.54, 1.807) is 31.2 Å². The summed E-state index contributed by atoms with van der Waals surface area (Å²) in [7, 11) is 0. The third kappa shape index (κ3) is 7.58. The van der Waals surface area contributed by atoms with Crippen LogP contribution in [0.4, 0.5) is 10.5 Å². The van der Waals surface area contributed by atoms with Crippen molar-refractivity contribution in [2.24, 2.45) is 0 Å². The number of carbonyl (C=O) groups excluding carboxylic acids is 3. The predicted octanol–water partition coefficient (Wildman–Crippen LogP) is 8.40. The summed E-state index contributed by atoms with van der Waals surface area (Å²) >= 11 is 13.2.